The van der Waals surface area contributed by atoms with E-state index in [1.165, 1.54) is 38.2 Å². The van der Waals surface area contributed by atoms with Crippen molar-refractivity contribution in [1.29, 1.82) is 0 Å². The fourth-order valence-electron chi connectivity index (χ4n) is 3.09. The first-order valence-electron chi connectivity index (χ1n) is 7.94. The Hall–Kier alpha value is -1.45. The standard InChI is InChI=1S/C17H27FN2O/c1-12(2)21-17-10-16(15(19)9-14(17)18)20(3)11-13-7-5-4-6-8-13/h9-10,12-13H,4-8,11,19H2,1-3H3. The molecule has 0 bridgehead atoms. The molecule has 0 aliphatic heterocycles. The summed E-state index contributed by atoms with van der Waals surface area (Å²) in [4.78, 5) is 2.14. The van der Waals surface area contributed by atoms with Crippen LogP contribution in [-0.2, 0) is 0 Å². The zero-order valence-corrected chi connectivity index (χ0v) is 13.4. The van der Waals surface area contributed by atoms with Gasteiger partial charge in [-0.1, -0.05) is 19.3 Å². The molecule has 21 heavy (non-hydrogen) atoms. The molecule has 2 N–H and O–H groups in total. The third-order valence-corrected chi connectivity index (χ3v) is 4.11. The highest BCUT2D eigenvalue weighted by Gasteiger charge is 2.18. The second-order valence-corrected chi connectivity index (χ2v) is 6.39. The van der Waals surface area contributed by atoms with Crippen molar-refractivity contribution in [1.82, 2.24) is 0 Å². The van der Waals surface area contributed by atoms with Crippen molar-refractivity contribution in [2.24, 2.45) is 5.92 Å². The molecule has 2 rings (SSSR count). The Kier molecular flexibility index (Phi) is 5.32. The lowest BCUT2D eigenvalue weighted by Gasteiger charge is -2.29. The van der Waals surface area contributed by atoms with Gasteiger partial charge in [-0.2, -0.15) is 0 Å². The number of nitrogens with zero attached hydrogens (tertiary/aromatic N) is 1. The van der Waals surface area contributed by atoms with Gasteiger partial charge in [0, 0.05) is 25.7 Å². The fourth-order valence-corrected chi connectivity index (χ4v) is 3.09. The Morgan fingerprint density at radius 3 is 2.57 bits per heavy atom. The van der Waals surface area contributed by atoms with Crippen molar-refractivity contribution in [2.75, 3.05) is 24.2 Å². The van der Waals surface area contributed by atoms with Crippen molar-refractivity contribution in [3.8, 4) is 5.75 Å². The monoisotopic (exact) mass is 294 g/mol. The maximum Gasteiger partial charge on any atom is 0.167 e. The van der Waals surface area contributed by atoms with Crippen LogP contribution in [0.4, 0.5) is 15.8 Å². The van der Waals surface area contributed by atoms with E-state index in [0.29, 0.717) is 11.6 Å². The largest absolute Gasteiger partial charge is 0.488 e. The lowest BCUT2D eigenvalue weighted by molar-refractivity contribution is 0.231. The van der Waals surface area contributed by atoms with Gasteiger partial charge in [0.2, 0.25) is 0 Å². The summed E-state index contributed by atoms with van der Waals surface area (Å²) in [7, 11) is 2.03. The van der Waals surface area contributed by atoms with Crippen LogP contribution < -0.4 is 15.4 Å². The predicted octanol–water partition coefficient (Wildman–Crippen LogP) is 4.21. The van der Waals surface area contributed by atoms with Crippen LogP contribution in [0.3, 0.4) is 0 Å². The van der Waals surface area contributed by atoms with Crippen LogP contribution in [0.2, 0.25) is 0 Å². The first-order chi connectivity index (χ1) is 9.97. The highest BCUT2D eigenvalue weighted by molar-refractivity contribution is 5.69. The summed E-state index contributed by atoms with van der Waals surface area (Å²) < 4.78 is 19.4. The predicted molar refractivity (Wildman–Crippen MR) is 86.4 cm³/mol. The molecule has 1 saturated carbocycles. The Morgan fingerprint density at radius 2 is 1.95 bits per heavy atom. The molecular formula is C17H27FN2O. The van der Waals surface area contributed by atoms with Crippen LogP contribution in [0.25, 0.3) is 0 Å². The molecule has 118 valence electrons. The molecule has 0 heterocycles. The van der Waals surface area contributed by atoms with Crippen LogP contribution >= 0.6 is 0 Å². The molecular weight excluding hydrogens is 267 g/mol. The number of ether oxygens (including phenoxy) is 1. The molecule has 0 saturated heterocycles. The summed E-state index contributed by atoms with van der Waals surface area (Å²) in [5.74, 6) is 0.600. The van der Waals surface area contributed by atoms with E-state index in [1.54, 1.807) is 6.07 Å². The van der Waals surface area contributed by atoms with Gasteiger partial charge >= 0.3 is 0 Å². The Labute approximate surface area is 127 Å². The lowest BCUT2D eigenvalue weighted by atomic mass is 9.89. The van der Waals surface area contributed by atoms with Crippen molar-refractivity contribution >= 4 is 11.4 Å². The highest BCUT2D eigenvalue weighted by atomic mass is 19.1. The molecule has 0 amide bonds. The molecule has 1 aromatic carbocycles. The quantitative estimate of drug-likeness (QED) is 0.827. The maximum absolute atomic E-state index is 13.9. The van der Waals surface area contributed by atoms with E-state index in [2.05, 4.69) is 4.90 Å². The van der Waals surface area contributed by atoms with Crippen LogP contribution in [-0.4, -0.2) is 19.7 Å². The second kappa shape index (κ2) is 7.01. The zero-order valence-electron chi connectivity index (χ0n) is 13.4. The van der Waals surface area contributed by atoms with Crippen molar-refractivity contribution in [2.45, 2.75) is 52.1 Å². The van der Waals surface area contributed by atoms with Gasteiger partial charge in [-0.05, 0) is 32.6 Å². The highest BCUT2D eigenvalue weighted by Crippen LogP contribution is 2.33. The maximum atomic E-state index is 13.9. The lowest BCUT2D eigenvalue weighted by Crippen LogP contribution is -2.27. The summed E-state index contributed by atoms with van der Waals surface area (Å²) in [5, 5.41) is 0. The van der Waals surface area contributed by atoms with E-state index < -0.39 is 5.82 Å². The van der Waals surface area contributed by atoms with Gasteiger partial charge in [-0.25, -0.2) is 4.39 Å². The minimum absolute atomic E-state index is 0.0559. The van der Waals surface area contributed by atoms with Gasteiger partial charge in [0.25, 0.3) is 0 Å². The van der Waals surface area contributed by atoms with E-state index in [-0.39, 0.29) is 11.9 Å². The average Bonchev–Trinajstić information content (AvgIpc) is 2.42. The third kappa shape index (κ3) is 4.26. The fraction of sp³-hybridized carbons (Fsp3) is 0.647. The summed E-state index contributed by atoms with van der Waals surface area (Å²) >= 11 is 0. The van der Waals surface area contributed by atoms with E-state index in [1.807, 2.05) is 20.9 Å². The molecule has 1 aromatic rings. The van der Waals surface area contributed by atoms with E-state index in [4.69, 9.17) is 10.5 Å². The number of nitrogen functional groups attached to an aromatic ring is 1. The molecule has 0 spiro atoms. The third-order valence-electron chi connectivity index (χ3n) is 4.11. The number of anilines is 2. The van der Waals surface area contributed by atoms with E-state index >= 15 is 0 Å². The van der Waals surface area contributed by atoms with Gasteiger partial charge in [0.15, 0.2) is 11.6 Å². The number of benzene rings is 1. The molecule has 4 heteroatoms. The minimum Gasteiger partial charge on any atom is -0.488 e. The molecule has 0 radical (unpaired) electrons. The summed E-state index contributed by atoms with van der Waals surface area (Å²) in [6.07, 6.45) is 6.49. The van der Waals surface area contributed by atoms with Crippen LogP contribution in [0.1, 0.15) is 46.0 Å². The molecule has 1 aliphatic rings. The van der Waals surface area contributed by atoms with Gasteiger partial charge in [-0.15, -0.1) is 0 Å². The Balaban J connectivity index is 2.13. The van der Waals surface area contributed by atoms with Crippen LogP contribution in [0, 0.1) is 11.7 Å². The van der Waals surface area contributed by atoms with Crippen molar-refractivity contribution in [3.05, 3.63) is 17.9 Å². The Morgan fingerprint density at radius 1 is 1.29 bits per heavy atom. The number of halogens is 1. The Bertz CT molecular complexity index is 470. The van der Waals surface area contributed by atoms with Gasteiger partial charge in [0.1, 0.15) is 0 Å². The first-order valence-corrected chi connectivity index (χ1v) is 7.94. The summed E-state index contributed by atoms with van der Waals surface area (Å²) in [6.45, 7) is 4.75. The molecule has 1 fully saturated rings. The topological polar surface area (TPSA) is 38.5 Å². The molecule has 0 unspecified atom stereocenters. The molecule has 0 aromatic heterocycles. The molecule has 1 aliphatic carbocycles. The zero-order chi connectivity index (χ0) is 15.4. The number of rotatable bonds is 5. The van der Waals surface area contributed by atoms with E-state index in [9.17, 15) is 4.39 Å². The molecule has 3 nitrogen and oxygen atoms in total. The minimum atomic E-state index is -0.393. The second-order valence-electron chi connectivity index (χ2n) is 6.39. The number of hydrogen-bond donors (Lipinski definition) is 1. The molecule has 0 atom stereocenters. The SMILES string of the molecule is CC(C)Oc1cc(N(C)CC2CCCCC2)c(N)cc1F. The summed E-state index contributed by atoms with van der Waals surface area (Å²) in [6, 6.07) is 3.10. The van der Waals surface area contributed by atoms with Gasteiger partial charge in [-0.3, -0.25) is 0 Å². The number of hydrogen-bond acceptors (Lipinski definition) is 3. The van der Waals surface area contributed by atoms with Crippen LogP contribution in [0.15, 0.2) is 12.1 Å². The number of nitrogens with two attached hydrogens (primary N) is 1. The van der Waals surface area contributed by atoms with Crippen LogP contribution in [0.5, 0.6) is 5.75 Å². The van der Waals surface area contributed by atoms with Crippen molar-refractivity contribution in [3.63, 3.8) is 0 Å². The first kappa shape index (κ1) is 15.9. The van der Waals surface area contributed by atoms with Gasteiger partial charge in [0.05, 0.1) is 17.5 Å². The summed E-state index contributed by atoms with van der Waals surface area (Å²) in [5.41, 5.74) is 7.32. The average molecular weight is 294 g/mol. The van der Waals surface area contributed by atoms with Gasteiger partial charge < -0.3 is 15.4 Å². The van der Waals surface area contributed by atoms with Crippen molar-refractivity contribution < 1.29 is 9.13 Å². The smallest absolute Gasteiger partial charge is 0.167 e. The normalized spacial score (nSPS) is 16.2. The van der Waals surface area contributed by atoms with E-state index in [0.717, 1.165) is 12.2 Å².